The molecule has 3 heterocycles. The van der Waals surface area contributed by atoms with Crippen molar-refractivity contribution in [2.24, 2.45) is 0 Å². The molecule has 0 radical (unpaired) electrons. The number of likely N-dealkylation sites (tertiary alicyclic amines) is 1. The van der Waals surface area contributed by atoms with Crippen molar-refractivity contribution in [2.45, 2.75) is 50.4 Å². The lowest BCUT2D eigenvalue weighted by Crippen LogP contribution is -2.55. The van der Waals surface area contributed by atoms with E-state index in [0.717, 1.165) is 43.0 Å². The van der Waals surface area contributed by atoms with Gasteiger partial charge in [-0.25, -0.2) is 0 Å². The van der Waals surface area contributed by atoms with Crippen LogP contribution < -0.4 is 0 Å². The number of piperidine rings is 1. The Balaban J connectivity index is 1.44. The van der Waals surface area contributed by atoms with Gasteiger partial charge in [0.2, 0.25) is 0 Å². The van der Waals surface area contributed by atoms with Gasteiger partial charge in [0.05, 0.1) is 24.4 Å². The maximum atomic E-state index is 10.5. The molecule has 2 aliphatic rings. The number of aliphatic hydroxyl groups excluding tert-OH is 1. The molecule has 1 spiro atoms. The van der Waals surface area contributed by atoms with Gasteiger partial charge in [-0.2, -0.15) is 0 Å². The first-order valence-electron chi connectivity index (χ1n) is 9.38. The number of hydrogen-bond donors (Lipinski definition) is 3. The second kappa shape index (κ2) is 6.80. The zero-order valence-corrected chi connectivity index (χ0v) is 16.0. The number of aliphatic hydroxyl groups is 2. The normalized spacial score (nSPS) is 26.6. The lowest BCUT2D eigenvalue weighted by Gasteiger charge is -2.48. The molecule has 6 heteroatoms. The first-order valence-corrected chi connectivity index (χ1v) is 9.76. The topological polar surface area (TPSA) is 68.7 Å². The number of aromatic amines is 1. The van der Waals surface area contributed by atoms with Gasteiger partial charge in [0.15, 0.2) is 0 Å². The number of hydrogen-bond acceptors (Lipinski definition) is 4. The van der Waals surface area contributed by atoms with Gasteiger partial charge >= 0.3 is 0 Å². The van der Waals surface area contributed by atoms with E-state index in [9.17, 15) is 10.2 Å². The molecule has 4 rings (SSSR count). The molecule has 1 atom stereocenters. The molecule has 1 aromatic carbocycles. The Bertz CT molecular complexity index is 798. The molecule has 2 aliphatic heterocycles. The Hall–Kier alpha value is -1.11. The fourth-order valence-electron chi connectivity index (χ4n) is 4.51. The summed E-state index contributed by atoms with van der Waals surface area (Å²) in [4.78, 5) is 5.96. The van der Waals surface area contributed by atoms with Crippen LogP contribution >= 0.6 is 11.6 Å². The number of nitrogens with one attached hydrogen (secondary N) is 1. The maximum absolute atomic E-state index is 10.5. The molecule has 2 fully saturated rings. The number of halogens is 1. The van der Waals surface area contributed by atoms with Gasteiger partial charge in [0, 0.05) is 54.1 Å². The number of benzene rings is 1. The van der Waals surface area contributed by atoms with Crippen molar-refractivity contribution in [1.29, 1.82) is 0 Å². The standard InChI is InChI=1S/C20H27ClN2O3/c1-14-16-10-15(21)2-3-17(16)22-18(14)11-23-7-4-20(5-8-23)12-19(25,13-24)6-9-26-20/h2-3,10,22,24-25H,4-9,11-13H2,1H3. The predicted octanol–water partition coefficient (Wildman–Crippen LogP) is 3.00. The molecular formula is C20H27ClN2O3. The summed E-state index contributed by atoms with van der Waals surface area (Å²) in [6.45, 7) is 5.21. The average molecular weight is 379 g/mol. The average Bonchev–Trinajstić information content (AvgIpc) is 2.93. The molecule has 2 saturated heterocycles. The molecule has 0 aliphatic carbocycles. The van der Waals surface area contributed by atoms with Gasteiger partial charge < -0.3 is 19.9 Å². The van der Waals surface area contributed by atoms with E-state index in [1.165, 1.54) is 16.6 Å². The molecule has 0 amide bonds. The van der Waals surface area contributed by atoms with E-state index in [1.54, 1.807) is 0 Å². The molecule has 0 saturated carbocycles. The summed E-state index contributed by atoms with van der Waals surface area (Å²) in [6.07, 6.45) is 2.83. The third-order valence-electron chi connectivity index (χ3n) is 6.19. The van der Waals surface area contributed by atoms with Crippen molar-refractivity contribution in [3.8, 4) is 0 Å². The van der Waals surface area contributed by atoms with Crippen LogP contribution in [0.1, 0.15) is 36.9 Å². The minimum Gasteiger partial charge on any atom is -0.393 e. The molecule has 142 valence electrons. The van der Waals surface area contributed by atoms with E-state index in [1.807, 2.05) is 18.2 Å². The Morgan fingerprint density at radius 2 is 2.04 bits per heavy atom. The second-order valence-corrected chi connectivity index (χ2v) is 8.47. The van der Waals surface area contributed by atoms with Crippen LogP contribution in [0.15, 0.2) is 18.2 Å². The van der Waals surface area contributed by atoms with Crippen LogP contribution in [0, 0.1) is 6.92 Å². The third-order valence-corrected chi connectivity index (χ3v) is 6.43. The van der Waals surface area contributed by atoms with Crippen LogP contribution in [0.4, 0.5) is 0 Å². The molecule has 2 aromatic rings. The number of nitrogens with zero attached hydrogens (tertiary/aromatic N) is 1. The van der Waals surface area contributed by atoms with Gasteiger partial charge in [0.1, 0.15) is 0 Å². The highest BCUT2D eigenvalue weighted by Crippen LogP contribution is 2.39. The zero-order chi connectivity index (χ0) is 18.4. The molecule has 3 N–H and O–H groups in total. The van der Waals surface area contributed by atoms with Crippen molar-refractivity contribution in [3.05, 3.63) is 34.5 Å². The lowest BCUT2D eigenvalue weighted by atomic mass is 9.77. The first kappa shape index (κ1) is 18.3. The summed E-state index contributed by atoms with van der Waals surface area (Å²) >= 11 is 6.13. The fraction of sp³-hybridized carbons (Fsp3) is 0.600. The summed E-state index contributed by atoms with van der Waals surface area (Å²) in [7, 11) is 0. The number of aryl methyl sites for hydroxylation is 1. The molecule has 26 heavy (non-hydrogen) atoms. The van der Waals surface area contributed by atoms with Crippen LogP contribution in [-0.4, -0.2) is 57.6 Å². The van der Waals surface area contributed by atoms with Gasteiger partial charge in [-0.3, -0.25) is 4.90 Å². The molecule has 1 aromatic heterocycles. The largest absolute Gasteiger partial charge is 0.393 e. The van der Waals surface area contributed by atoms with E-state index in [2.05, 4.69) is 16.8 Å². The predicted molar refractivity (Wildman–Crippen MR) is 103 cm³/mol. The van der Waals surface area contributed by atoms with Crippen LogP contribution in [0.25, 0.3) is 10.9 Å². The Labute approximate surface area is 158 Å². The third kappa shape index (κ3) is 3.39. The van der Waals surface area contributed by atoms with Crippen LogP contribution in [-0.2, 0) is 11.3 Å². The first-order chi connectivity index (χ1) is 12.4. The Kier molecular flexibility index (Phi) is 4.78. The van der Waals surface area contributed by atoms with E-state index in [4.69, 9.17) is 16.3 Å². The SMILES string of the molecule is Cc1c(CN2CCC3(CC2)CC(O)(CO)CCO3)[nH]c2ccc(Cl)cc12. The maximum Gasteiger partial charge on any atom is 0.0926 e. The fourth-order valence-corrected chi connectivity index (χ4v) is 4.68. The highest BCUT2D eigenvalue weighted by atomic mass is 35.5. The van der Waals surface area contributed by atoms with Gasteiger partial charge in [-0.1, -0.05) is 11.6 Å². The summed E-state index contributed by atoms with van der Waals surface area (Å²) in [6, 6.07) is 5.96. The van der Waals surface area contributed by atoms with E-state index in [0.29, 0.717) is 19.4 Å². The molecular weight excluding hydrogens is 352 g/mol. The number of H-pyrrole nitrogens is 1. The number of fused-ring (bicyclic) bond motifs is 1. The molecule has 5 nitrogen and oxygen atoms in total. The number of ether oxygens (including phenoxy) is 1. The second-order valence-electron chi connectivity index (χ2n) is 8.04. The smallest absolute Gasteiger partial charge is 0.0926 e. The lowest BCUT2D eigenvalue weighted by molar-refractivity contribution is -0.189. The minimum absolute atomic E-state index is 0.182. The summed E-state index contributed by atoms with van der Waals surface area (Å²) in [5.74, 6) is 0. The summed E-state index contributed by atoms with van der Waals surface area (Å²) < 4.78 is 6.07. The summed E-state index contributed by atoms with van der Waals surface area (Å²) in [5.41, 5.74) is 2.35. The van der Waals surface area contributed by atoms with Gasteiger partial charge in [0.25, 0.3) is 0 Å². The summed E-state index contributed by atoms with van der Waals surface area (Å²) in [5, 5.41) is 21.9. The van der Waals surface area contributed by atoms with Crippen LogP contribution in [0.2, 0.25) is 5.02 Å². The van der Waals surface area contributed by atoms with E-state index < -0.39 is 5.60 Å². The number of rotatable bonds is 3. The Morgan fingerprint density at radius 3 is 2.77 bits per heavy atom. The van der Waals surface area contributed by atoms with Crippen LogP contribution in [0.3, 0.4) is 0 Å². The minimum atomic E-state index is -0.979. The highest BCUT2D eigenvalue weighted by molar-refractivity contribution is 6.31. The highest BCUT2D eigenvalue weighted by Gasteiger charge is 2.46. The quantitative estimate of drug-likeness (QED) is 0.768. The van der Waals surface area contributed by atoms with Crippen molar-refractivity contribution >= 4 is 22.5 Å². The van der Waals surface area contributed by atoms with Crippen LogP contribution in [0.5, 0.6) is 0 Å². The van der Waals surface area contributed by atoms with E-state index >= 15 is 0 Å². The molecule has 0 bridgehead atoms. The number of aromatic nitrogens is 1. The van der Waals surface area contributed by atoms with Crippen molar-refractivity contribution in [2.75, 3.05) is 26.3 Å². The van der Waals surface area contributed by atoms with Gasteiger partial charge in [-0.15, -0.1) is 0 Å². The van der Waals surface area contributed by atoms with Crippen molar-refractivity contribution in [3.63, 3.8) is 0 Å². The molecule has 1 unspecified atom stereocenters. The van der Waals surface area contributed by atoms with E-state index in [-0.39, 0.29) is 12.2 Å². The van der Waals surface area contributed by atoms with Crippen molar-refractivity contribution < 1.29 is 14.9 Å². The monoisotopic (exact) mass is 378 g/mol. The zero-order valence-electron chi connectivity index (χ0n) is 15.2. The Morgan fingerprint density at radius 1 is 1.27 bits per heavy atom. The van der Waals surface area contributed by atoms with Gasteiger partial charge in [-0.05, 0) is 43.5 Å². The van der Waals surface area contributed by atoms with Crippen molar-refractivity contribution in [1.82, 2.24) is 9.88 Å².